The van der Waals surface area contributed by atoms with E-state index in [9.17, 15) is 13.2 Å². The number of para-hydroxylation sites is 2. The van der Waals surface area contributed by atoms with Gasteiger partial charge in [-0.2, -0.15) is 0 Å². The molecule has 0 unspecified atom stereocenters. The first-order valence-corrected chi connectivity index (χ1v) is 9.94. The minimum atomic E-state index is -3.21. The van der Waals surface area contributed by atoms with Crippen LogP contribution in [0.4, 0.5) is 11.4 Å². The summed E-state index contributed by atoms with van der Waals surface area (Å²) < 4.78 is 36.5. The Morgan fingerprint density at radius 3 is 2.50 bits per heavy atom. The van der Waals surface area contributed by atoms with Crippen molar-refractivity contribution < 1.29 is 22.7 Å². The van der Waals surface area contributed by atoms with E-state index in [1.807, 2.05) is 12.1 Å². The summed E-state index contributed by atoms with van der Waals surface area (Å²) >= 11 is 0. The summed E-state index contributed by atoms with van der Waals surface area (Å²) in [7, 11) is -3.21. The van der Waals surface area contributed by atoms with E-state index in [2.05, 4.69) is 5.32 Å². The van der Waals surface area contributed by atoms with E-state index in [1.165, 1.54) is 4.31 Å². The van der Waals surface area contributed by atoms with Crippen molar-refractivity contribution >= 4 is 27.3 Å². The van der Waals surface area contributed by atoms with Gasteiger partial charge in [0.15, 0.2) is 11.5 Å². The molecule has 1 fully saturated rings. The molecule has 0 bridgehead atoms. The smallest absolute Gasteiger partial charge is 0.269 e. The predicted octanol–water partition coefficient (Wildman–Crippen LogP) is 2.00. The quantitative estimate of drug-likeness (QED) is 0.888. The molecule has 2 aliphatic heterocycles. The molecule has 1 amide bonds. The van der Waals surface area contributed by atoms with Gasteiger partial charge >= 0.3 is 0 Å². The molecule has 0 aromatic heterocycles. The van der Waals surface area contributed by atoms with Crippen LogP contribution in [0, 0.1) is 0 Å². The number of carbonyl (C=O) groups excluding carboxylic acids is 1. The highest BCUT2D eigenvalue weighted by Gasteiger charge is 2.29. The molecule has 1 saturated heterocycles. The van der Waals surface area contributed by atoms with Crippen molar-refractivity contribution in [2.24, 2.45) is 0 Å². The lowest BCUT2D eigenvalue weighted by molar-refractivity contribution is -0.125. The van der Waals surface area contributed by atoms with Crippen LogP contribution in [0.5, 0.6) is 11.5 Å². The zero-order chi connectivity index (χ0) is 18.1. The molecule has 26 heavy (non-hydrogen) atoms. The molecule has 1 N–H and O–H groups in total. The van der Waals surface area contributed by atoms with E-state index in [0.717, 1.165) is 0 Å². The molecule has 2 aliphatic rings. The van der Waals surface area contributed by atoms with Crippen molar-refractivity contribution in [3.8, 4) is 11.5 Å². The molecule has 0 radical (unpaired) electrons. The Hall–Kier alpha value is -2.74. The Bertz CT molecular complexity index is 927. The molecule has 2 heterocycles. The van der Waals surface area contributed by atoms with Crippen molar-refractivity contribution in [1.29, 1.82) is 0 Å². The van der Waals surface area contributed by atoms with E-state index in [0.29, 0.717) is 35.8 Å². The first-order chi connectivity index (χ1) is 12.5. The number of hydrogen-bond acceptors (Lipinski definition) is 5. The van der Waals surface area contributed by atoms with Gasteiger partial charge in [-0.15, -0.1) is 0 Å². The van der Waals surface area contributed by atoms with Crippen LogP contribution in [0.1, 0.15) is 6.42 Å². The van der Waals surface area contributed by atoms with E-state index < -0.39 is 16.1 Å². The van der Waals surface area contributed by atoms with Crippen LogP contribution in [0.3, 0.4) is 0 Å². The van der Waals surface area contributed by atoms with Gasteiger partial charge in [0, 0.05) is 12.2 Å². The van der Waals surface area contributed by atoms with Crippen LogP contribution in [-0.2, 0) is 14.8 Å². The summed E-state index contributed by atoms with van der Waals surface area (Å²) in [4.78, 5) is 12.4. The summed E-state index contributed by atoms with van der Waals surface area (Å²) in [5, 5.41) is 2.77. The number of nitrogens with one attached hydrogen (secondary N) is 1. The van der Waals surface area contributed by atoms with Gasteiger partial charge in [-0.05, 0) is 42.8 Å². The van der Waals surface area contributed by atoms with Gasteiger partial charge in [0.1, 0.15) is 6.61 Å². The lowest BCUT2D eigenvalue weighted by Crippen LogP contribution is -2.40. The monoisotopic (exact) mass is 374 g/mol. The second-order valence-corrected chi connectivity index (χ2v) is 8.15. The average molecular weight is 374 g/mol. The number of sulfonamides is 1. The minimum Gasteiger partial charge on any atom is -0.485 e. The maximum absolute atomic E-state index is 12.4. The molecule has 136 valence electrons. The molecular formula is C18H18N2O5S. The third-order valence-electron chi connectivity index (χ3n) is 4.32. The summed E-state index contributed by atoms with van der Waals surface area (Å²) in [5.74, 6) is 1.01. The fraction of sp³-hybridized carbons (Fsp3) is 0.278. The van der Waals surface area contributed by atoms with E-state index >= 15 is 0 Å². The largest absolute Gasteiger partial charge is 0.485 e. The fourth-order valence-electron chi connectivity index (χ4n) is 3.01. The maximum Gasteiger partial charge on any atom is 0.269 e. The molecule has 7 nitrogen and oxygen atoms in total. The zero-order valence-electron chi connectivity index (χ0n) is 13.9. The highest BCUT2D eigenvalue weighted by molar-refractivity contribution is 7.93. The normalized spacial score (nSPS) is 20.6. The fourth-order valence-corrected chi connectivity index (χ4v) is 4.58. The summed E-state index contributed by atoms with van der Waals surface area (Å²) in [6.45, 7) is 0.619. The standard InChI is InChI=1S/C18H18N2O5S/c21-18(17-12-24-15-4-1-2-5-16(15)25-17)19-13-6-8-14(9-7-13)20-10-3-11-26(20,22)23/h1-2,4-9,17H,3,10-12H2,(H,19,21)/t17-/m0/s1. The zero-order valence-corrected chi connectivity index (χ0v) is 14.7. The van der Waals surface area contributed by atoms with Crippen LogP contribution in [0.2, 0.25) is 0 Å². The Labute approximate surface area is 151 Å². The molecule has 2 aromatic carbocycles. The van der Waals surface area contributed by atoms with Crippen molar-refractivity contribution in [2.45, 2.75) is 12.5 Å². The Morgan fingerprint density at radius 1 is 1.08 bits per heavy atom. The van der Waals surface area contributed by atoms with Gasteiger partial charge in [0.25, 0.3) is 5.91 Å². The van der Waals surface area contributed by atoms with Crippen LogP contribution >= 0.6 is 0 Å². The number of rotatable bonds is 3. The number of fused-ring (bicyclic) bond motifs is 1. The van der Waals surface area contributed by atoms with E-state index in [-0.39, 0.29) is 18.3 Å². The lowest BCUT2D eigenvalue weighted by Gasteiger charge is -2.25. The number of anilines is 2. The minimum absolute atomic E-state index is 0.132. The number of ether oxygens (including phenoxy) is 2. The molecule has 8 heteroatoms. The van der Waals surface area contributed by atoms with Gasteiger partial charge < -0.3 is 14.8 Å². The van der Waals surface area contributed by atoms with Crippen molar-refractivity contribution in [3.63, 3.8) is 0 Å². The topological polar surface area (TPSA) is 84.9 Å². The number of amides is 1. The summed E-state index contributed by atoms with van der Waals surface area (Å²) in [6.07, 6.45) is -0.120. The first-order valence-electron chi connectivity index (χ1n) is 8.33. The third kappa shape index (κ3) is 3.20. The molecule has 0 aliphatic carbocycles. The average Bonchev–Trinajstić information content (AvgIpc) is 3.01. The van der Waals surface area contributed by atoms with Crippen molar-refractivity contribution in [3.05, 3.63) is 48.5 Å². The molecule has 2 aromatic rings. The molecule has 0 saturated carbocycles. The van der Waals surface area contributed by atoms with Gasteiger partial charge in [-0.25, -0.2) is 8.42 Å². The van der Waals surface area contributed by atoms with Gasteiger partial charge in [0.2, 0.25) is 16.1 Å². The molecule has 1 atom stereocenters. The number of benzene rings is 2. The summed E-state index contributed by atoms with van der Waals surface area (Å²) in [6, 6.07) is 13.9. The Morgan fingerprint density at radius 2 is 1.81 bits per heavy atom. The highest BCUT2D eigenvalue weighted by atomic mass is 32.2. The third-order valence-corrected chi connectivity index (χ3v) is 6.19. The second-order valence-electron chi connectivity index (χ2n) is 6.14. The van der Waals surface area contributed by atoms with Gasteiger partial charge in [-0.1, -0.05) is 12.1 Å². The van der Waals surface area contributed by atoms with E-state index in [4.69, 9.17) is 9.47 Å². The van der Waals surface area contributed by atoms with Gasteiger partial charge in [-0.3, -0.25) is 9.10 Å². The SMILES string of the molecule is O=C(Nc1ccc(N2CCCS2(=O)=O)cc1)[C@@H]1COc2ccccc2O1. The first kappa shape index (κ1) is 16.7. The van der Waals surface area contributed by atoms with Gasteiger partial charge in [0.05, 0.1) is 11.4 Å². The van der Waals surface area contributed by atoms with Crippen LogP contribution < -0.4 is 19.1 Å². The Kier molecular flexibility index (Phi) is 4.20. The number of hydrogen-bond donors (Lipinski definition) is 1. The van der Waals surface area contributed by atoms with Crippen molar-refractivity contribution in [2.75, 3.05) is 28.5 Å². The summed E-state index contributed by atoms with van der Waals surface area (Å²) in [5.41, 5.74) is 1.17. The van der Waals surface area contributed by atoms with Crippen LogP contribution in [0.15, 0.2) is 48.5 Å². The Balaban J connectivity index is 1.42. The predicted molar refractivity (Wildman–Crippen MR) is 97.2 cm³/mol. The number of nitrogens with zero attached hydrogens (tertiary/aromatic N) is 1. The highest BCUT2D eigenvalue weighted by Crippen LogP contribution is 2.31. The number of carbonyl (C=O) groups is 1. The second kappa shape index (κ2) is 6.53. The van der Waals surface area contributed by atoms with Crippen LogP contribution in [0.25, 0.3) is 0 Å². The van der Waals surface area contributed by atoms with Crippen LogP contribution in [-0.4, -0.2) is 39.3 Å². The lowest BCUT2D eigenvalue weighted by atomic mass is 10.2. The van der Waals surface area contributed by atoms with E-state index in [1.54, 1.807) is 36.4 Å². The molecule has 0 spiro atoms. The molecular weight excluding hydrogens is 356 g/mol. The maximum atomic E-state index is 12.4. The van der Waals surface area contributed by atoms with Crippen molar-refractivity contribution in [1.82, 2.24) is 0 Å². The molecule has 4 rings (SSSR count).